The molecule has 0 aliphatic carbocycles. The van der Waals surface area contributed by atoms with Crippen molar-refractivity contribution in [2.24, 2.45) is 0 Å². The van der Waals surface area contributed by atoms with E-state index in [-0.39, 0.29) is 18.1 Å². The quantitative estimate of drug-likeness (QED) is 0.379. The summed E-state index contributed by atoms with van der Waals surface area (Å²) < 4.78 is 18.3. The van der Waals surface area contributed by atoms with Gasteiger partial charge in [-0.2, -0.15) is 0 Å². The van der Waals surface area contributed by atoms with Crippen molar-refractivity contribution in [2.75, 3.05) is 25.6 Å². The van der Waals surface area contributed by atoms with Crippen LogP contribution < -0.4 is 9.47 Å². The van der Waals surface area contributed by atoms with Crippen molar-refractivity contribution in [3.8, 4) is 11.5 Å². The third kappa shape index (κ3) is 4.70. The molecule has 0 bridgehead atoms. The average Bonchev–Trinajstić information content (AvgIpc) is 2.99. The highest BCUT2D eigenvalue weighted by Crippen LogP contribution is 2.34. The minimum Gasteiger partial charge on any atom is -0.486 e. The molecule has 0 unspecified atom stereocenters. The topological polar surface area (TPSA) is 66.8 Å². The highest BCUT2D eigenvalue weighted by molar-refractivity contribution is 8.00. The second-order valence-electron chi connectivity index (χ2n) is 6.61. The molecule has 1 aromatic carbocycles. The van der Waals surface area contributed by atoms with E-state index in [0.29, 0.717) is 30.3 Å². The lowest BCUT2D eigenvalue weighted by Gasteiger charge is -2.18. The molecule has 1 aromatic heterocycles. The minimum absolute atomic E-state index is 0.127. The molecule has 1 aliphatic heterocycles. The van der Waals surface area contributed by atoms with Crippen molar-refractivity contribution in [3.05, 3.63) is 41.2 Å². The SMILES string of the molecule is CCCn1c(C)cc(C(=O)COC(=O)CSc2ccc3c(c2)OCCO3)c1C. The lowest BCUT2D eigenvalue weighted by Crippen LogP contribution is -2.16. The molecule has 2 aromatic rings. The highest BCUT2D eigenvalue weighted by Gasteiger charge is 2.17. The Hall–Kier alpha value is -2.41. The summed E-state index contributed by atoms with van der Waals surface area (Å²) in [4.78, 5) is 25.4. The summed E-state index contributed by atoms with van der Waals surface area (Å²) in [6.07, 6.45) is 0.996. The summed E-state index contributed by atoms with van der Waals surface area (Å²) in [5, 5.41) is 0. The molecule has 3 rings (SSSR count). The van der Waals surface area contributed by atoms with Crippen molar-refractivity contribution in [1.82, 2.24) is 4.57 Å². The van der Waals surface area contributed by atoms with Crippen LogP contribution in [0.5, 0.6) is 11.5 Å². The van der Waals surface area contributed by atoms with Gasteiger partial charge in [-0.25, -0.2) is 0 Å². The fraction of sp³-hybridized carbons (Fsp3) is 0.429. The molecular formula is C21H25NO5S. The van der Waals surface area contributed by atoms with E-state index in [2.05, 4.69) is 11.5 Å². The number of carbonyl (C=O) groups excluding carboxylic acids is 2. The molecular weight excluding hydrogens is 378 g/mol. The number of Topliss-reactive ketones (excluding diaryl/α,β-unsaturated/α-hetero) is 1. The van der Waals surface area contributed by atoms with Gasteiger partial charge in [0.25, 0.3) is 0 Å². The van der Waals surface area contributed by atoms with Gasteiger partial charge in [0.1, 0.15) is 13.2 Å². The molecule has 7 heteroatoms. The van der Waals surface area contributed by atoms with E-state index in [0.717, 1.165) is 29.2 Å². The zero-order chi connectivity index (χ0) is 20.1. The third-order valence-corrected chi connectivity index (χ3v) is 5.52. The lowest BCUT2D eigenvalue weighted by molar-refractivity contribution is -0.139. The third-order valence-electron chi connectivity index (χ3n) is 4.56. The number of benzene rings is 1. The molecule has 150 valence electrons. The standard InChI is InChI=1S/C21H25NO5S/c1-4-7-22-14(2)10-17(15(22)3)18(23)12-27-21(24)13-28-16-5-6-19-20(11-16)26-9-8-25-19/h5-6,10-11H,4,7-9,12-13H2,1-3H3. The Morgan fingerprint density at radius 1 is 1.14 bits per heavy atom. The molecule has 2 heterocycles. The van der Waals surface area contributed by atoms with Crippen LogP contribution in [0, 0.1) is 13.8 Å². The van der Waals surface area contributed by atoms with Gasteiger partial charge in [-0.15, -0.1) is 11.8 Å². The maximum atomic E-state index is 12.4. The maximum Gasteiger partial charge on any atom is 0.316 e. The summed E-state index contributed by atoms with van der Waals surface area (Å²) in [5.41, 5.74) is 2.59. The first kappa shape index (κ1) is 20.3. The number of aryl methyl sites for hydroxylation is 1. The van der Waals surface area contributed by atoms with E-state index in [1.54, 1.807) is 0 Å². The fourth-order valence-corrected chi connectivity index (χ4v) is 3.89. The van der Waals surface area contributed by atoms with E-state index in [1.807, 2.05) is 38.1 Å². The largest absolute Gasteiger partial charge is 0.486 e. The Labute approximate surface area is 169 Å². The van der Waals surface area contributed by atoms with E-state index < -0.39 is 5.97 Å². The van der Waals surface area contributed by atoms with Crippen LogP contribution in [0.15, 0.2) is 29.2 Å². The molecule has 0 saturated carbocycles. The number of ether oxygens (including phenoxy) is 3. The van der Waals surface area contributed by atoms with Crippen LogP contribution in [-0.2, 0) is 16.1 Å². The van der Waals surface area contributed by atoms with Crippen molar-refractivity contribution in [2.45, 2.75) is 38.6 Å². The van der Waals surface area contributed by atoms with Crippen LogP contribution in [0.3, 0.4) is 0 Å². The van der Waals surface area contributed by atoms with Gasteiger partial charge in [0.2, 0.25) is 5.78 Å². The van der Waals surface area contributed by atoms with Crippen LogP contribution >= 0.6 is 11.8 Å². The Morgan fingerprint density at radius 3 is 2.64 bits per heavy atom. The van der Waals surface area contributed by atoms with Gasteiger partial charge in [0.05, 0.1) is 5.75 Å². The van der Waals surface area contributed by atoms with Crippen molar-refractivity contribution >= 4 is 23.5 Å². The number of thioether (sulfide) groups is 1. The molecule has 0 radical (unpaired) electrons. The maximum absolute atomic E-state index is 12.4. The normalized spacial score (nSPS) is 12.7. The van der Waals surface area contributed by atoms with Gasteiger partial charge in [0, 0.05) is 28.4 Å². The molecule has 0 N–H and O–H groups in total. The van der Waals surface area contributed by atoms with Gasteiger partial charge < -0.3 is 18.8 Å². The van der Waals surface area contributed by atoms with E-state index in [9.17, 15) is 9.59 Å². The van der Waals surface area contributed by atoms with Gasteiger partial charge in [-0.05, 0) is 44.5 Å². The summed E-state index contributed by atoms with van der Waals surface area (Å²) in [6.45, 7) is 7.70. The number of ketones is 1. The van der Waals surface area contributed by atoms with Crippen LogP contribution in [-0.4, -0.2) is 41.9 Å². The first-order valence-electron chi connectivity index (χ1n) is 9.37. The number of nitrogens with zero attached hydrogens (tertiary/aromatic N) is 1. The molecule has 28 heavy (non-hydrogen) atoms. The Bertz CT molecular complexity index is 874. The lowest BCUT2D eigenvalue weighted by atomic mass is 10.1. The molecule has 0 fully saturated rings. The van der Waals surface area contributed by atoms with Gasteiger partial charge in [0.15, 0.2) is 18.1 Å². The first-order valence-corrected chi connectivity index (χ1v) is 10.4. The summed E-state index contributed by atoms with van der Waals surface area (Å²) in [7, 11) is 0. The Kier molecular flexibility index (Phi) is 6.67. The highest BCUT2D eigenvalue weighted by atomic mass is 32.2. The fourth-order valence-electron chi connectivity index (χ4n) is 3.17. The molecule has 1 aliphatic rings. The number of fused-ring (bicyclic) bond motifs is 1. The minimum atomic E-state index is -0.421. The molecule has 0 amide bonds. The monoisotopic (exact) mass is 403 g/mol. The summed E-state index contributed by atoms with van der Waals surface area (Å²) >= 11 is 1.34. The molecule has 0 spiro atoms. The predicted octanol–water partition coefficient (Wildman–Crippen LogP) is 3.80. The van der Waals surface area contributed by atoms with E-state index in [4.69, 9.17) is 14.2 Å². The molecule has 0 atom stereocenters. The van der Waals surface area contributed by atoms with E-state index >= 15 is 0 Å². The summed E-state index contributed by atoms with van der Waals surface area (Å²) in [6, 6.07) is 7.42. The first-order chi connectivity index (χ1) is 13.5. The summed E-state index contributed by atoms with van der Waals surface area (Å²) in [5.74, 6) is 0.928. The van der Waals surface area contributed by atoms with Gasteiger partial charge >= 0.3 is 5.97 Å². The van der Waals surface area contributed by atoms with Crippen molar-refractivity contribution in [3.63, 3.8) is 0 Å². The predicted molar refractivity (Wildman–Crippen MR) is 108 cm³/mol. The van der Waals surface area contributed by atoms with Crippen LogP contribution in [0.2, 0.25) is 0 Å². The second kappa shape index (κ2) is 9.19. The number of esters is 1. The van der Waals surface area contributed by atoms with Crippen molar-refractivity contribution < 1.29 is 23.8 Å². The van der Waals surface area contributed by atoms with Crippen LogP contribution in [0.4, 0.5) is 0 Å². The van der Waals surface area contributed by atoms with Gasteiger partial charge in [-0.3, -0.25) is 9.59 Å². The average molecular weight is 404 g/mol. The number of rotatable bonds is 8. The zero-order valence-corrected chi connectivity index (χ0v) is 17.3. The number of hydrogen-bond acceptors (Lipinski definition) is 6. The number of aromatic nitrogens is 1. The molecule has 0 saturated heterocycles. The molecule has 6 nitrogen and oxygen atoms in total. The number of carbonyl (C=O) groups is 2. The second-order valence-corrected chi connectivity index (χ2v) is 7.66. The van der Waals surface area contributed by atoms with E-state index in [1.165, 1.54) is 11.8 Å². The number of hydrogen-bond donors (Lipinski definition) is 0. The van der Waals surface area contributed by atoms with Crippen LogP contribution in [0.25, 0.3) is 0 Å². The van der Waals surface area contributed by atoms with Crippen molar-refractivity contribution in [1.29, 1.82) is 0 Å². The smallest absolute Gasteiger partial charge is 0.316 e. The van der Waals surface area contributed by atoms with Crippen LogP contribution in [0.1, 0.15) is 35.1 Å². The zero-order valence-electron chi connectivity index (χ0n) is 16.4. The Balaban J connectivity index is 1.50. The Morgan fingerprint density at radius 2 is 1.89 bits per heavy atom. The van der Waals surface area contributed by atoms with Gasteiger partial charge in [-0.1, -0.05) is 6.92 Å².